The van der Waals surface area contributed by atoms with Crippen molar-refractivity contribution >= 4 is 50.2 Å². The maximum atomic E-state index is 12.5. The maximum Gasteiger partial charge on any atom is 0.252 e. The highest BCUT2D eigenvalue weighted by molar-refractivity contribution is 7.91. The van der Waals surface area contributed by atoms with E-state index in [9.17, 15) is 8.42 Å². The van der Waals surface area contributed by atoms with Crippen LogP contribution in [0.15, 0.2) is 40.6 Å². The second-order valence-corrected chi connectivity index (χ2v) is 8.61. The third-order valence-electron chi connectivity index (χ3n) is 2.78. The van der Waals surface area contributed by atoms with Crippen molar-refractivity contribution in [2.45, 2.75) is 10.8 Å². The molecule has 2 N–H and O–H groups in total. The summed E-state index contributed by atoms with van der Waals surface area (Å²) in [5.74, 6) is 0. The zero-order chi connectivity index (χ0) is 15.6. The molecule has 1 heterocycles. The first-order chi connectivity index (χ1) is 9.80. The van der Waals surface area contributed by atoms with Crippen molar-refractivity contribution < 1.29 is 8.42 Å². The molecule has 0 aliphatic heterocycles. The zero-order valence-corrected chi connectivity index (χ0v) is 14.3. The molecular weight excluding hydrogens is 348 g/mol. The van der Waals surface area contributed by atoms with Gasteiger partial charge in [0.25, 0.3) is 10.0 Å². The fourth-order valence-corrected chi connectivity index (χ4v) is 4.66. The number of hydrogen-bond donors (Lipinski definition) is 1. The molecule has 0 radical (unpaired) electrons. The number of thiocarbonyl (C=S) groups is 1. The van der Waals surface area contributed by atoms with E-state index in [1.165, 1.54) is 17.4 Å². The summed E-state index contributed by atoms with van der Waals surface area (Å²) in [5, 5.41) is 0.574. The Hall–Kier alpha value is -0.990. The molecule has 0 unspecified atom stereocenters. The minimum Gasteiger partial charge on any atom is -0.389 e. The molecule has 1 aromatic heterocycles. The molecule has 2 aromatic rings. The lowest BCUT2D eigenvalue weighted by molar-refractivity contribution is 0.468. The molecule has 0 fully saturated rings. The van der Waals surface area contributed by atoms with Gasteiger partial charge in [0.1, 0.15) is 9.20 Å². The number of hydrogen-bond acceptors (Lipinski definition) is 4. The van der Waals surface area contributed by atoms with E-state index in [-0.39, 0.29) is 15.7 Å². The van der Waals surface area contributed by atoms with Crippen LogP contribution in [0.4, 0.5) is 0 Å². The van der Waals surface area contributed by atoms with E-state index in [2.05, 4.69) is 0 Å². The molecule has 0 aliphatic carbocycles. The molecule has 8 heteroatoms. The van der Waals surface area contributed by atoms with Crippen LogP contribution >= 0.6 is 35.2 Å². The minimum atomic E-state index is -3.57. The Kier molecular flexibility index (Phi) is 5.00. The fraction of sp³-hybridized carbons (Fsp3) is 0.154. The smallest absolute Gasteiger partial charge is 0.252 e. The number of sulfonamides is 1. The number of benzene rings is 1. The van der Waals surface area contributed by atoms with Gasteiger partial charge in [-0.2, -0.15) is 4.31 Å². The van der Waals surface area contributed by atoms with Crippen molar-refractivity contribution in [1.82, 2.24) is 4.31 Å². The predicted octanol–water partition coefficient (Wildman–Crippen LogP) is 2.86. The van der Waals surface area contributed by atoms with Crippen LogP contribution in [-0.4, -0.2) is 24.8 Å². The molecule has 0 spiro atoms. The van der Waals surface area contributed by atoms with Crippen LogP contribution in [0.25, 0.3) is 0 Å². The molecule has 0 saturated carbocycles. The Morgan fingerprint density at radius 3 is 2.67 bits per heavy atom. The quantitative estimate of drug-likeness (QED) is 0.833. The molecule has 0 atom stereocenters. The van der Waals surface area contributed by atoms with Gasteiger partial charge < -0.3 is 5.73 Å². The van der Waals surface area contributed by atoms with E-state index in [4.69, 9.17) is 29.6 Å². The first-order valence-electron chi connectivity index (χ1n) is 5.91. The molecule has 0 aliphatic rings. The van der Waals surface area contributed by atoms with E-state index in [0.29, 0.717) is 9.90 Å². The van der Waals surface area contributed by atoms with Crippen LogP contribution in [0.5, 0.6) is 0 Å². The summed E-state index contributed by atoms with van der Waals surface area (Å²) >= 11 is 11.8. The molecule has 4 nitrogen and oxygen atoms in total. The van der Waals surface area contributed by atoms with Crippen LogP contribution in [0, 0.1) is 0 Å². The molecule has 2 rings (SSSR count). The van der Waals surface area contributed by atoms with Crippen molar-refractivity contribution in [1.29, 1.82) is 0 Å². The Labute approximate surface area is 138 Å². The predicted molar refractivity (Wildman–Crippen MR) is 90.3 cm³/mol. The summed E-state index contributed by atoms with van der Waals surface area (Å²) in [6.45, 7) is 0.239. The molecule has 21 heavy (non-hydrogen) atoms. The molecule has 0 bridgehead atoms. The van der Waals surface area contributed by atoms with E-state index in [1.54, 1.807) is 24.3 Å². The highest BCUT2D eigenvalue weighted by Gasteiger charge is 2.23. The largest absolute Gasteiger partial charge is 0.389 e. The van der Waals surface area contributed by atoms with Crippen LogP contribution in [-0.2, 0) is 16.6 Å². The summed E-state index contributed by atoms with van der Waals surface area (Å²) in [4.78, 5) is 0.777. The third-order valence-corrected chi connectivity index (χ3v) is 6.76. The molecular formula is C13H13ClN2O2S3. The zero-order valence-electron chi connectivity index (χ0n) is 11.1. The third kappa shape index (κ3) is 3.81. The maximum absolute atomic E-state index is 12.5. The van der Waals surface area contributed by atoms with Crippen LogP contribution in [0.2, 0.25) is 5.02 Å². The van der Waals surface area contributed by atoms with Crippen molar-refractivity contribution in [3.8, 4) is 0 Å². The molecule has 0 amide bonds. The Morgan fingerprint density at radius 2 is 2.10 bits per heavy atom. The summed E-state index contributed by atoms with van der Waals surface area (Å²) in [7, 11) is -2.04. The number of halogens is 1. The topological polar surface area (TPSA) is 63.4 Å². The first-order valence-corrected chi connectivity index (χ1v) is 8.95. The molecule has 1 aromatic carbocycles. The number of nitrogens with zero attached hydrogens (tertiary/aromatic N) is 1. The molecule has 0 saturated heterocycles. The van der Waals surface area contributed by atoms with Gasteiger partial charge in [0.2, 0.25) is 0 Å². The number of nitrogens with two attached hydrogens (primary N) is 1. The fourth-order valence-electron chi connectivity index (χ4n) is 1.72. The highest BCUT2D eigenvalue weighted by atomic mass is 35.5. The van der Waals surface area contributed by atoms with Crippen molar-refractivity contribution in [2.75, 3.05) is 7.05 Å². The van der Waals surface area contributed by atoms with E-state index in [0.717, 1.165) is 16.9 Å². The summed E-state index contributed by atoms with van der Waals surface area (Å²) in [6, 6.07) is 10.2. The normalized spacial score (nSPS) is 11.8. The summed E-state index contributed by atoms with van der Waals surface area (Å²) in [6.07, 6.45) is 0. The van der Waals surface area contributed by atoms with Crippen molar-refractivity contribution in [2.24, 2.45) is 5.73 Å². The number of rotatable bonds is 5. The van der Waals surface area contributed by atoms with Gasteiger partial charge >= 0.3 is 0 Å². The van der Waals surface area contributed by atoms with E-state index in [1.807, 2.05) is 6.07 Å². The van der Waals surface area contributed by atoms with E-state index < -0.39 is 10.0 Å². The highest BCUT2D eigenvalue weighted by Crippen LogP contribution is 2.25. The van der Waals surface area contributed by atoms with Gasteiger partial charge in [-0.25, -0.2) is 8.42 Å². The van der Waals surface area contributed by atoms with Gasteiger partial charge in [0.15, 0.2) is 0 Å². The second kappa shape index (κ2) is 6.41. The summed E-state index contributed by atoms with van der Waals surface area (Å²) < 4.78 is 26.4. The lowest BCUT2D eigenvalue weighted by Crippen LogP contribution is -2.25. The Morgan fingerprint density at radius 1 is 1.38 bits per heavy atom. The average Bonchev–Trinajstić information content (AvgIpc) is 2.89. The Balaban J connectivity index is 2.23. The number of thiophene rings is 1. The van der Waals surface area contributed by atoms with Crippen molar-refractivity contribution in [3.05, 3.63) is 51.9 Å². The van der Waals surface area contributed by atoms with Gasteiger partial charge in [0, 0.05) is 18.6 Å². The first kappa shape index (κ1) is 16.4. The van der Waals surface area contributed by atoms with Gasteiger partial charge in [-0.05, 0) is 29.8 Å². The van der Waals surface area contributed by atoms with Crippen LogP contribution in [0.1, 0.15) is 10.4 Å². The van der Waals surface area contributed by atoms with Gasteiger partial charge in [-0.15, -0.1) is 11.3 Å². The standard InChI is InChI=1S/C13H13ClN2O2S3/c1-16(8-9-3-2-4-10(14)7-9)21(17,18)12-6-5-11(20-12)13(15)19/h2-7H,8H2,1H3,(H2,15,19). The van der Waals surface area contributed by atoms with Gasteiger partial charge in [-0.1, -0.05) is 36.0 Å². The van der Waals surface area contributed by atoms with Crippen LogP contribution in [0.3, 0.4) is 0 Å². The minimum absolute atomic E-state index is 0.193. The van der Waals surface area contributed by atoms with Gasteiger partial charge in [-0.3, -0.25) is 0 Å². The lowest BCUT2D eigenvalue weighted by Gasteiger charge is -2.16. The van der Waals surface area contributed by atoms with Crippen LogP contribution < -0.4 is 5.73 Å². The van der Waals surface area contributed by atoms with Crippen molar-refractivity contribution in [3.63, 3.8) is 0 Å². The lowest BCUT2D eigenvalue weighted by atomic mass is 10.2. The summed E-state index contributed by atoms with van der Waals surface area (Å²) in [5.41, 5.74) is 6.32. The molecule has 112 valence electrons. The van der Waals surface area contributed by atoms with Gasteiger partial charge in [0.05, 0.1) is 4.88 Å². The van der Waals surface area contributed by atoms with E-state index >= 15 is 0 Å². The Bertz CT molecular complexity index is 771. The second-order valence-electron chi connectivity index (χ2n) is 4.37. The monoisotopic (exact) mass is 360 g/mol. The SMILES string of the molecule is CN(Cc1cccc(Cl)c1)S(=O)(=O)c1ccc(C(N)=S)s1. The average molecular weight is 361 g/mol.